The molecule has 0 bridgehead atoms. The molecule has 2 rings (SSSR count). The molecule has 0 saturated carbocycles. The van der Waals surface area contributed by atoms with E-state index in [9.17, 15) is 4.79 Å². The van der Waals surface area contributed by atoms with E-state index in [1.807, 2.05) is 23.9 Å². The van der Waals surface area contributed by atoms with E-state index in [0.717, 1.165) is 24.9 Å². The molecule has 0 spiro atoms. The van der Waals surface area contributed by atoms with Gasteiger partial charge in [0.15, 0.2) is 0 Å². The fourth-order valence-electron chi connectivity index (χ4n) is 2.65. The third kappa shape index (κ3) is 5.89. The average molecular weight is 313 g/mol. The van der Waals surface area contributed by atoms with E-state index < -0.39 is 0 Å². The van der Waals surface area contributed by atoms with Crippen LogP contribution < -0.4 is 5.32 Å². The first-order valence-electron chi connectivity index (χ1n) is 8.40. The highest BCUT2D eigenvalue weighted by Gasteiger charge is 2.09. The van der Waals surface area contributed by atoms with Crippen LogP contribution in [0.25, 0.3) is 0 Å². The minimum atomic E-state index is 0.0419. The topological polar surface area (TPSA) is 46.9 Å². The molecule has 23 heavy (non-hydrogen) atoms. The van der Waals surface area contributed by atoms with E-state index in [1.54, 1.807) is 6.20 Å². The van der Waals surface area contributed by atoms with Gasteiger partial charge in [-0.3, -0.25) is 9.48 Å². The van der Waals surface area contributed by atoms with Crippen LogP contribution in [0.1, 0.15) is 50.8 Å². The number of nitrogens with zero attached hydrogens (tertiary/aromatic N) is 2. The van der Waals surface area contributed by atoms with E-state index in [2.05, 4.69) is 48.5 Å². The lowest BCUT2D eigenvalue weighted by molar-refractivity contribution is -0.121. The Hall–Kier alpha value is -2.10. The first kappa shape index (κ1) is 17.3. The summed E-state index contributed by atoms with van der Waals surface area (Å²) < 4.78 is 1.85. The molecule has 0 saturated heterocycles. The van der Waals surface area contributed by atoms with Gasteiger partial charge >= 0.3 is 0 Å². The van der Waals surface area contributed by atoms with Gasteiger partial charge in [0.25, 0.3) is 0 Å². The summed E-state index contributed by atoms with van der Waals surface area (Å²) in [6.45, 7) is 7.25. The summed E-state index contributed by atoms with van der Waals surface area (Å²) in [4.78, 5) is 12.0. The molecule has 0 radical (unpaired) electrons. The fraction of sp³-hybridized carbons (Fsp3) is 0.474. The van der Waals surface area contributed by atoms with Crippen LogP contribution in [-0.4, -0.2) is 15.7 Å². The molecule has 0 aliphatic carbocycles. The van der Waals surface area contributed by atoms with Gasteiger partial charge in [0.2, 0.25) is 5.91 Å². The molecule has 1 aromatic heterocycles. The van der Waals surface area contributed by atoms with Crippen LogP contribution >= 0.6 is 0 Å². The van der Waals surface area contributed by atoms with Gasteiger partial charge in [-0.1, -0.05) is 38.1 Å². The van der Waals surface area contributed by atoms with Crippen LogP contribution in [0.4, 0.5) is 0 Å². The van der Waals surface area contributed by atoms with Crippen molar-refractivity contribution in [3.05, 3.63) is 53.9 Å². The van der Waals surface area contributed by atoms with E-state index in [0.29, 0.717) is 12.3 Å². The number of hydrogen-bond donors (Lipinski definition) is 1. The first-order chi connectivity index (χ1) is 11.0. The maximum Gasteiger partial charge on any atom is 0.220 e. The van der Waals surface area contributed by atoms with Gasteiger partial charge < -0.3 is 5.32 Å². The Kier molecular flexibility index (Phi) is 6.39. The van der Waals surface area contributed by atoms with Crippen LogP contribution in [0.15, 0.2) is 42.7 Å². The summed E-state index contributed by atoms with van der Waals surface area (Å²) in [5.41, 5.74) is 2.50. The summed E-state index contributed by atoms with van der Waals surface area (Å²) in [7, 11) is 0. The zero-order valence-corrected chi connectivity index (χ0v) is 14.3. The second kappa shape index (κ2) is 8.51. The quantitative estimate of drug-likeness (QED) is 0.807. The molecule has 4 nitrogen and oxygen atoms in total. The molecule has 4 heteroatoms. The Morgan fingerprint density at radius 3 is 2.57 bits per heavy atom. The van der Waals surface area contributed by atoms with E-state index in [4.69, 9.17) is 0 Å². The summed E-state index contributed by atoms with van der Waals surface area (Å²) in [5, 5.41) is 7.20. The lowest BCUT2D eigenvalue weighted by Gasteiger charge is -2.15. The lowest BCUT2D eigenvalue weighted by Crippen LogP contribution is -2.26. The molecule has 1 N–H and O–H groups in total. The van der Waals surface area contributed by atoms with Crippen molar-refractivity contribution in [3.63, 3.8) is 0 Å². The molecule has 1 aromatic carbocycles. The van der Waals surface area contributed by atoms with E-state index in [-0.39, 0.29) is 11.9 Å². The van der Waals surface area contributed by atoms with Crippen molar-refractivity contribution < 1.29 is 4.79 Å². The molecule has 0 aliphatic heterocycles. The number of aromatic nitrogens is 2. The minimum absolute atomic E-state index is 0.0419. The Morgan fingerprint density at radius 1 is 1.22 bits per heavy atom. The van der Waals surface area contributed by atoms with Crippen molar-refractivity contribution in [2.45, 2.75) is 52.6 Å². The van der Waals surface area contributed by atoms with E-state index in [1.165, 1.54) is 5.56 Å². The van der Waals surface area contributed by atoms with Crippen LogP contribution in [-0.2, 0) is 17.8 Å². The van der Waals surface area contributed by atoms with Crippen molar-refractivity contribution in [1.82, 2.24) is 15.1 Å². The predicted molar refractivity (Wildman–Crippen MR) is 93.0 cm³/mol. The highest BCUT2D eigenvalue weighted by molar-refractivity contribution is 5.76. The average Bonchev–Trinajstić information content (AvgIpc) is 3.00. The van der Waals surface area contributed by atoms with Gasteiger partial charge in [0, 0.05) is 25.4 Å². The highest BCUT2D eigenvalue weighted by atomic mass is 16.1. The van der Waals surface area contributed by atoms with Gasteiger partial charge in [-0.25, -0.2) is 0 Å². The third-order valence-corrected chi connectivity index (χ3v) is 3.85. The lowest BCUT2D eigenvalue weighted by atomic mass is 10.00. The number of rotatable bonds is 8. The number of aryl methyl sites for hydroxylation is 1. The Balaban J connectivity index is 1.76. The van der Waals surface area contributed by atoms with Crippen LogP contribution in [0, 0.1) is 5.92 Å². The predicted octanol–water partition coefficient (Wildman–Crippen LogP) is 3.74. The molecule has 1 heterocycles. The van der Waals surface area contributed by atoms with Gasteiger partial charge in [-0.2, -0.15) is 5.10 Å². The van der Waals surface area contributed by atoms with Gasteiger partial charge in [-0.15, -0.1) is 0 Å². The molecule has 1 unspecified atom stereocenters. The van der Waals surface area contributed by atoms with Gasteiger partial charge in [0.05, 0.1) is 6.04 Å². The zero-order chi connectivity index (χ0) is 16.7. The van der Waals surface area contributed by atoms with Crippen LogP contribution in [0.2, 0.25) is 0 Å². The smallest absolute Gasteiger partial charge is 0.220 e. The number of hydrogen-bond acceptors (Lipinski definition) is 2. The second-order valence-corrected chi connectivity index (χ2v) is 6.50. The summed E-state index contributed by atoms with van der Waals surface area (Å²) in [6.07, 6.45) is 6.09. The maximum atomic E-state index is 12.0. The molecule has 2 aromatic rings. The summed E-state index contributed by atoms with van der Waals surface area (Å²) in [5.74, 6) is 0.753. The van der Waals surface area contributed by atoms with Crippen molar-refractivity contribution in [1.29, 1.82) is 0 Å². The second-order valence-electron chi connectivity index (χ2n) is 6.50. The molecular weight excluding hydrogens is 286 g/mol. The van der Waals surface area contributed by atoms with Crippen molar-refractivity contribution in [2.75, 3.05) is 0 Å². The SMILES string of the molecule is CC(C)Cc1ccc(C(C)NC(=O)CCCn2cccn2)cc1. The van der Waals surface area contributed by atoms with Gasteiger partial charge in [-0.05, 0) is 42.9 Å². The minimum Gasteiger partial charge on any atom is -0.350 e. The molecule has 124 valence electrons. The Labute approximate surface area is 138 Å². The molecular formula is C19H27N3O. The molecule has 0 fully saturated rings. The van der Waals surface area contributed by atoms with Crippen LogP contribution in [0.3, 0.4) is 0 Å². The molecule has 1 amide bonds. The van der Waals surface area contributed by atoms with E-state index >= 15 is 0 Å². The molecule has 1 atom stereocenters. The number of benzene rings is 1. The summed E-state index contributed by atoms with van der Waals surface area (Å²) >= 11 is 0. The standard InChI is InChI=1S/C19H27N3O/c1-15(2)14-17-7-9-18(10-8-17)16(3)21-19(23)6-4-12-22-13-5-11-20-22/h5,7-11,13,15-16H,4,6,12,14H2,1-3H3,(H,21,23). The first-order valence-corrected chi connectivity index (χ1v) is 8.40. The number of carbonyl (C=O) groups excluding carboxylic acids is 1. The number of carbonyl (C=O) groups is 1. The van der Waals surface area contributed by atoms with Crippen molar-refractivity contribution in [3.8, 4) is 0 Å². The van der Waals surface area contributed by atoms with Crippen molar-refractivity contribution >= 4 is 5.91 Å². The highest BCUT2D eigenvalue weighted by Crippen LogP contribution is 2.15. The maximum absolute atomic E-state index is 12.0. The Bertz CT molecular complexity index is 588. The normalized spacial score (nSPS) is 12.3. The van der Waals surface area contributed by atoms with Gasteiger partial charge in [0.1, 0.15) is 0 Å². The van der Waals surface area contributed by atoms with Crippen LogP contribution in [0.5, 0.6) is 0 Å². The largest absolute Gasteiger partial charge is 0.350 e. The summed E-state index contributed by atoms with van der Waals surface area (Å²) in [6, 6.07) is 10.5. The van der Waals surface area contributed by atoms with Crippen molar-refractivity contribution in [2.24, 2.45) is 5.92 Å². The monoisotopic (exact) mass is 313 g/mol. The fourth-order valence-corrected chi connectivity index (χ4v) is 2.65. The number of nitrogens with one attached hydrogen (secondary N) is 1. The molecule has 0 aliphatic rings. The zero-order valence-electron chi connectivity index (χ0n) is 14.3. The Morgan fingerprint density at radius 2 is 1.96 bits per heavy atom. The number of amides is 1. The third-order valence-electron chi connectivity index (χ3n) is 3.85.